The molecule has 0 heterocycles. The number of nitrogens with one attached hydrogen (secondary N) is 1. The highest BCUT2D eigenvalue weighted by Crippen LogP contribution is 2.17. The molecule has 0 aliphatic heterocycles. The standard InChI is InChI=1S/C17H37N3O2/c1-16(2,3)20(15(21)22-17(4,5)6)14-12-18-11-9-10-13-19(7)8/h18H,9-14H2,1-8H3. The summed E-state index contributed by atoms with van der Waals surface area (Å²) in [5.74, 6) is 0. The van der Waals surface area contributed by atoms with E-state index >= 15 is 0 Å². The molecule has 1 N–H and O–H groups in total. The molecule has 5 heteroatoms. The maximum absolute atomic E-state index is 12.3. The van der Waals surface area contributed by atoms with Crippen molar-refractivity contribution in [2.45, 2.75) is 65.5 Å². The number of hydrogen-bond acceptors (Lipinski definition) is 4. The van der Waals surface area contributed by atoms with Crippen molar-refractivity contribution >= 4 is 6.09 Å². The molecule has 0 radical (unpaired) electrons. The molecule has 0 rings (SSSR count). The Hall–Kier alpha value is -0.810. The Kier molecular flexibility index (Phi) is 9.01. The zero-order valence-electron chi connectivity index (χ0n) is 16.0. The summed E-state index contributed by atoms with van der Waals surface area (Å²) in [4.78, 5) is 16.3. The normalized spacial score (nSPS) is 12.6. The van der Waals surface area contributed by atoms with Gasteiger partial charge in [-0.2, -0.15) is 0 Å². The molecule has 0 saturated carbocycles. The Morgan fingerprint density at radius 1 is 0.955 bits per heavy atom. The lowest BCUT2D eigenvalue weighted by Gasteiger charge is -2.37. The molecule has 0 aliphatic rings. The summed E-state index contributed by atoms with van der Waals surface area (Å²) >= 11 is 0. The van der Waals surface area contributed by atoms with Crippen LogP contribution in [-0.2, 0) is 4.74 Å². The van der Waals surface area contributed by atoms with Gasteiger partial charge in [0.1, 0.15) is 5.60 Å². The van der Waals surface area contributed by atoms with E-state index in [4.69, 9.17) is 4.74 Å². The molecule has 0 aromatic heterocycles. The maximum Gasteiger partial charge on any atom is 0.410 e. The number of hydrogen-bond donors (Lipinski definition) is 1. The smallest absolute Gasteiger partial charge is 0.410 e. The highest BCUT2D eigenvalue weighted by atomic mass is 16.6. The molecular formula is C17H37N3O2. The minimum absolute atomic E-state index is 0.241. The molecule has 0 spiro atoms. The Labute approximate surface area is 137 Å². The molecule has 5 nitrogen and oxygen atoms in total. The van der Waals surface area contributed by atoms with Gasteiger partial charge < -0.3 is 19.9 Å². The van der Waals surface area contributed by atoms with Crippen LogP contribution in [0.1, 0.15) is 54.4 Å². The lowest BCUT2D eigenvalue weighted by atomic mass is 10.1. The number of ether oxygens (including phenoxy) is 1. The van der Waals surface area contributed by atoms with E-state index in [-0.39, 0.29) is 11.6 Å². The second-order valence-corrected chi connectivity index (χ2v) is 8.06. The van der Waals surface area contributed by atoms with Crippen molar-refractivity contribution in [3.63, 3.8) is 0 Å². The molecule has 1 amide bonds. The Morgan fingerprint density at radius 2 is 1.55 bits per heavy atom. The quantitative estimate of drug-likeness (QED) is 0.700. The topological polar surface area (TPSA) is 44.8 Å². The fourth-order valence-corrected chi connectivity index (χ4v) is 2.01. The van der Waals surface area contributed by atoms with Gasteiger partial charge in [0.25, 0.3) is 0 Å². The number of carbonyl (C=O) groups excluding carboxylic acids is 1. The highest BCUT2D eigenvalue weighted by Gasteiger charge is 2.30. The summed E-state index contributed by atoms with van der Waals surface area (Å²) in [5, 5.41) is 3.41. The lowest BCUT2D eigenvalue weighted by molar-refractivity contribution is 0.00665. The van der Waals surface area contributed by atoms with Crippen LogP contribution in [0.3, 0.4) is 0 Å². The average Bonchev–Trinajstić information content (AvgIpc) is 2.27. The maximum atomic E-state index is 12.3. The highest BCUT2D eigenvalue weighted by molar-refractivity contribution is 5.69. The molecular weight excluding hydrogens is 278 g/mol. The van der Waals surface area contributed by atoms with Gasteiger partial charge in [-0.05, 0) is 81.6 Å². The van der Waals surface area contributed by atoms with Crippen LogP contribution in [0.4, 0.5) is 4.79 Å². The molecule has 132 valence electrons. The van der Waals surface area contributed by atoms with Gasteiger partial charge in [-0.1, -0.05) is 0 Å². The van der Waals surface area contributed by atoms with E-state index in [2.05, 4.69) is 24.3 Å². The predicted molar refractivity (Wildman–Crippen MR) is 93.4 cm³/mol. The predicted octanol–water partition coefficient (Wildman–Crippen LogP) is 2.95. The van der Waals surface area contributed by atoms with Gasteiger partial charge in [0.15, 0.2) is 0 Å². The Balaban J connectivity index is 4.15. The third-order valence-electron chi connectivity index (χ3n) is 3.14. The first-order valence-electron chi connectivity index (χ1n) is 8.29. The van der Waals surface area contributed by atoms with Crippen molar-refractivity contribution in [2.24, 2.45) is 0 Å². The second-order valence-electron chi connectivity index (χ2n) is 8.06. The van der Waals surface area contributed by atoms with Gasteiger partial charge in [0.2, 0.25) is 0 Å². The van der Waals surface area contributed by atoms with Crippen molar-refractivity contribution in [3.05, 3.63) is 0 Å². The van der Waals surface area contributed by atoms with E-state index in [1.807, 2.05) is 41.5 Å². The average molecular weight is 316 g/mol. The van der Waals surface area contributed by atoms with Crippen LogP contribution in [0.25, 0.3) is 0 Å². The van der Waals surface area contributed by atoms with Crippen molar-refractivity contribution in [3.8, 4) is 0 Å². The lowest BCUT2D eigenvalue weighted by Crippen LogP contribution is -2.50. The summed E-state index contributed by atoms with van der Waals surface area (Å²) in [5.41, 5.74) is -0.699. The van der Waals surface area contributed by atoms with E-state index in [9.17, 15) is 4.79 Å². The van der Waals surface area contributed by atoms with Crippen molar-refractivity contribution in [1.82, 2.24) is 15.1 Å². The van der Waals surface area contributed by atoms with Crippen LogP contribution in [0, 0.1) is 0 Å². The SMILES string of the molecule is CN(C)CCCCNCCN(C(=O)OC(C)(C)C)C(C)(C)C. The number of unbranched alkanes of at least 4 members (excludes halogenated alkanes) is 1. The summed E-state index contributed by atoms with van der Waals surface area (Å²) in [6.45, 7) is 15.4. The minimum Gasteiger partial charge on any atom is -0.444 e. The van der Waals surface area contributed by atoms with Crippen molar-refractivity contribution < 1.29 is 9.53 Å². The molecule has 22 heavy (non-hydrogen) atoms. The minimum atomic E-state index is -0.458. The molecule has 0 saturated heterocycles. The summed E-state index contributed by atoms with van der Waals surface area (Å²) in [6, 6.07) is 0. The number of rotatable bonds is 8. The second kappa shape index (κ2) is 9.36. The van der Waals surface area contributed by atoms with Gasteiger partial charge in [-0.3, -0.25) is 0 Å². The zero-order chi connectivity index (χ0) is 17.4. The fraction of sp³-hybridized carbons (Fsp3) is 0.941. The largest absolute Gasteiger partial charge is 0.444 e. The first-order valence-corrected chi connectivity index (χ1v) is 8.29. The van der Waals surface area contributed by atoms with Crippen molar-refractivity contribution in [2.75, 3.05) is 40.3 Å². The van der Waals surface area contributed by atoms with Crippen LogP contribution >= 0.6 is 0 Å². The van der Waals surface area contributed by atoms with E-state index < -0.39 is 5.60 Å². The Bertz CT molecular complexity index is 317. The monoisotopic (exact) mass is 315 g/mol. The molecule has 0 bridgehead atoms. The summed E-state index contributed by atoms with van der Waals surface area (Å²) in [7, 11) is 4.19. The third-order valence-corrected chi connectivity index (χ3v) is 3.14. The Morgan fingerprint density at radius 3 is 2.00 bits per heavy atom. The number of carbonyl (C=O) groups is 1. The molecule has 0 fully saturated rings. The first kappa shape index (κ1) is 21.2. The van der Waals surface area contributed by atoms with Crippen LogP contribution in [0.5, 0.6) is 0 Å². The summed E-state index contributed by atoms with van der Waals surface area (Å²) in [6.07, 6.45) is 2.10. The van der Waals surface area contributed by atoms with Gasteiger partial charge >= 0.3 is 6.09 Å². The summed E-state index contributed by atoms with van der Waals surface area (Å²) < 4.78 is 5.50. The van der Waals surface area contributed by atoms with E-state index in [0.717, 1.165) is 26.1 Å². The number of amides is 1. The van der Waals surface area contributed by atoms with E-state index in [1.54, 1.807) is 4.90 Å². The first-order chi connectivity index (χ1) is 9.93. The number of nitrogens with zero attached hydrogens (tertiary/aromatic N) is 2. The fourth-order valence-electron chi connectivity index (χ4n) is 2.01. The van der Waals surface area contributed by atoms with Crippen LogP contribution < -0.4 is 5.32 Å². The van der Waals surface area contributed by atoms with E-state index in [0.29, 0.717) is 6.54 Å². The molecule has 0 aromatic rings. The third kappa shape index (κ3) is 10.9. The zero-order valence-corrected chi connectivity index (χ0v) is 16.0. The van der Waals surface area contributed by atoms with E-state index in [1.165, 1.54) is 6.42 Å². The van der Waals surface area contributed by atoms with Crippen LogP contribution in [-0.4, -0.2) is 67.3 Å². The van der Waals surface area contributed by atoms with Crippen molar-refractivity contribution in [1.29, 1.82) is 0 Å². The molecule has 0 atom stereocenters. The molecule has 0 aromatic carbocycles. The van der Waals surface area contributed by atoms with Gasteiger partial charge in [0.05, 0.1) is 0 Å². The van der Waals surface area contributed by atoms with Gasteiger partial charge in [0, 0.05) is 18.6 Å². The molecule has 0 unspecified atom stereocenters. The van der Waals surface area contributed by atoms with Crippen LogP contribution in [0.2, 0.25) is 0 Å². The van der Waals surface area contributed by atoms with Gasteiger partial charge in [-0.15, -0.1) is 0 Å². The van der Waals surface area contributed by atoms with Crippen LogP contribution in [0.15, 0.2) is 0 Å². The molecule has 0 aliphatic carbocycles. The van der Waals surface area contributed by atoms with Gasteiger partial charge in [-0.25, -0.2) is 4.79 Å².